The molecule has 12 heteroatoms. The fraction of sp³-hybridized carbons (Fsp3) is 0.407. The van der Waals surface area contributed by atoms with E-state index in [1.165, 1.54) is 12.4 Å². The van der Waals surface area contributed by atoms with Gasteiger partial charge in [-0.3, -0.25) is 9.59 Å². The Bertz CT molecular complexity index is 1080. The van der Waals surface area contributed by atoms with Crippen LogP contribution in [0.15, 0.2) is 43.4 Å². The molecule has 10 nitrogen and oxygen atoms in total. The molecule has 0 saturated heterocycles. The Labute approximate surface area is 245 Å². The molecular weight excluding hydrogens is 636 g/mol. The molecule has 0 unspecified atom stereocenters. The molecule has 2 amide bonds. The summed E-state index contributed by atoms with van der Waals surface area (Å²) in [5, 5.41) is 27.8. The molecule has 0 radical (unpaired) electrons. The molecule has 39 heavy (non-hydrogen) atoms. The van der Waals surface area contributed by atoms with E-state index in [9.17, 15) is 19.8 Å². The number of nitrogens with zero attached hydrogens (tertiary/aromatic N) is 2. The third kappa shape index (κ3) is 11.7. The number of ether oxygens (including phenoxy) is 2. The largest absolute Gasteiger partial charge is 0.503 e. The minimum Gasteiger partial charge on any atom is -0.503 e. The highest BCUT2D eigenvalue weighted by atomic mass is 79.9. The van der Waals surface area contributed by atoms with Gasteiger partial charge in [0.25, 0.3) is 0 Å². The second kappa shape index (κ2) is 17.5. The van der Waals surface area contributed by atoms with Crippen molar-refractivity contribution in [1.82, 2.24) is 10.9 Å². The van der Waals surface area contributed by atoms with Gasteiger partial charge in [0.2, 0.25) is 11.8 Å². The molecule has 4 N–H and O–H groups in total. The van der Waals surface area contributed by atoms with Crippen LogP contribution < -0.4 is 20.3 Å². The lowest BCUT2D eigenvalue weighted by atomic mass is 10.1. The van der Waals surface area contributed by atoms with Crippen LogP contribution in [0.4, 0.5) is 0 Å². The fourth-order valence-electron chi connectivity index (χ4n) is 3.44. The van der Waals surface area contributed by atoms with E-state index in [1.807, 2.05) is 13.8 Å². The number of amides is 2. The molecule has 2 rings (SSSR count). The molecular formula is C27H34Br2N4O6. The second-order valence-corrected chi connectivity index (χ2v) is 10.1. The van der Waals surface area contributed by atoms with Crippen molar-refractivity contribution in [3.05, 3.63) is 44.3 Å². The SMILES string of the molecule is CCOc1cc(/C=N/NC(=O)CCCCCCCC(=O)N/N=C/c2cc(Br)c(O)c(OCC)c2)cc(Br)c1O. The average Bonchev–Trinajstić information content (AvgIpc) is 2.89. The summed E-state index contributed by atoms with van der Waals surface area (Å²) in [6.45, 7) is 4.47. The Morgan fingerprint density at radius 2 is 1.13 bits per heavy atom. The fourth-order valence-corrected chi connectivity index (χ4v) is 4.36. The highest BCUT2D eigenvalue weighted by Crippen LogP contribution is 2.36. The zero-order chi connectivity index (χ0) is 28.6. The quantitative estimate of drug-likeness (QED) is 0.102. The Kier molecular flexibility index (Phi) is 14.4. The number of hydrogen-bond acceptors (Lipinski definition) is 8. The summed E-state index contributed by atoms with van der Waals surface area (Å²) in [7, 11) is 0. The summed E-state index contributed by atoms with van der Waals surface area (Å²) < 4.78 is 11.7. The summed E-state index contributed by atoms with van der Waals surface area (Å²) >= 11 is 6.53. The van der Waals surface area contributed by atoms with Crippen molar-refractivity contribution in [2.45, 2.75) is 58.8 Å². The molecule has 0 aliphatic rings. The molecule has 0 fully saturated rings. The number of unbranched alkanes of at least 4 members (excludes halogenated alkanes) is 4. The van der Waals surface area contributed by atoms with Gasteiger partial charge >= 0.3 is 0 Å². The highest BCUT2D eigenvalue weighted by Gasteiger charge is 2.10. The van der Waals surface area contributed by atoms with Crippen LogP contribution in [0.5, 0.6) is 23.0 Å². The van der Waals surface area contributed by atoms with E-state index in [-0.39, 0.29) is 23.3 Å². The van der Waals surface area contributed by atoms with Crippen molar-refractivity contribution in [2.24, 2.45) is 10.2 Å². The van der Waals surface area contributed by atoms with Gasteiger partial charge < -0.3 is 19.7 Å². The Balaban J connectivity index is 1.59. The molecule has 0 saturated carbocycles. The first-order chi connectivity index (χ1) is 18.7. The smallest absolute Gasteiger partial charge is 0.240 e. The van der Waals surface area contributed by atoms with Crippen LogP contribution in [0, 0.1) is 0 Å². The third-order valence-electron chi connectivity index (χ3n) is 5.31. The number of phenolic OH excluding ortho intramolecular Hbond substituents is 2. The summed E-state index contributed by atoms with van der Waals surface area (Å²) in [6, 6.07) is 6.62. The molecule has 0 atom stereocenters. The average molecular weight is 670 g/mol. The van der Waals surface area contributed by atoms with Gasteiger partial charge in [0.1, 0.15) is 0 Å². The number of benzene rings is 2. The van der Waals surface area contributed by atoms with Gasteiger partial charge in [0.15, 0.2) is 23.0 Å². The normalized spacial score (nSPS) is 11.2. The van der Waals surface area contributed by atoms with Gasteiger partial charge in [-0.05, 0) is 93.9 Å². The lowest BCUT2D eigenvalue weighted by Crippen LogP contribution is -2.17. The molecule has 0 heterocycles. The topological polar surface area (TPSA) is 142 Å². The number of aromatic hydroxyl groups is 2. The number of phenols is 2. The molecule has 2 aromatic carbocycles. The van der Waals surface area contributed by atoms with Crippen LogP contribution >= 0.6 is 31.9 Å². The number of carbonyl (C=O) groups excluding carboxylic acids is 2. The Morgan fingerprint density at radius 3 is 1.51 bits per heavy atom. The van der Waals surface area contributed by atoms with Crippen molar-refractivity contribution in [2.75, 3.05) is 13.2 Å². The van der Waals surface area contributed by atoms with Crippen LogP contribution in [0.3, 0.4) is 0 Å². The zero-order valence-electron chi connectivity index (χ0n) is 22.0. The van der Waals surface area contributed by atoms with E-state index < -0.39 is 0 Å². The molecule has 0 aliphatic carbocycles. The van der Waals surface area contributed by atoms with Crippen molar-refractivity contribution in [3.63, 3.8) is 0 Å². The van der Waals surface area contributed by atoms with E-state index in [0.29, 0.717) is 57.6 Å². The summed E-state index contributed by atoms with van der Waals surface area (Å²) in [4.78, 5) is 24.0. The van der Waals surface area contributed by atoms with E-state index in [2.05, 4.69) is 52.9 Å². The van der Waals surface area contributed by atoms with E-state index in [1.54, 1.807) is 24.3 Å². The zero-order valence-corrected chi connectivity index (χ0v) is 25.2. The molecule has 0 aromatic heterocycles. The summed E-state index contributed by atoms with van der Waals surface area (Å²) in [6.07, 6.45) is 7.79. The second-order valence-electron chi connectivity index (χ2n) is 8.42. The third-order valence-corrected chi connectivity index (χ3v) is 6.52. The molecule has 212 valence electrons. The Morgan fingerprint density at radius 1 is 0.744 bits per heavy atom. The minimum absolute atomic E-state index is 0.0167. The number of carbonyl (C=O) groups is 2. The van der Waals surface area contributed by atoms with Crippen molar-refractivity contribution in [3.8, 4) is 23.0 Å². The van der Waals surface area contributed by atoms with Crippen LogP contribution in [0.25, 0.3) is 0 Å². The van der Waals surface area contributed by atoms with Gasteiger partial charge in [-0.25, -0.2) is 10.9 Å². The highest BCUT2D eigenvalue weighted by molar-refractivity contribution is 9.11. The molecule has 0 spiro atoms. The van der Waals surface area contributed by atoms with E-state index >= 15 is 0 Å². The number of hydrazone groups is 2. The van der Waals surface area contributed by atoms with Crippen LogP contribution in [0.1, 0.15) is 69.9 Å². The maximum atomic E-state index is 12.0. The maximum Gasteiger partial charge on any atom is 0.240 e. The minimum atomic E-state index is -0.180. The number of rotatable bonds is 16. The molecule has 0 bridgehead atoms. The standard InChI is InChI=1S/C27H34Br2N4O6/c1-3-38-22-14-18(12-20(28)26(22)36)16-30-32-24(34)10-8-6-5-7-9-11-25(35)33-31-17-19-13-21(29)27(37)23(15-19)39-4-2/h12-17,36-37H,3-11H2,1-2H3,(H,32,34)(H,33,35)/b30-16+,31-17+. The number of halogens is 2. The van der Waals surface area contributed by atoms with Crippen molar-refractivity contribution < 1.29 is 29.3 Å². The summed E-state index contributed by atoms with van der Waals surface area (Å²) in [5.74, 6) is 0.347. The summed E-state index contributed by atoms with van der Waals surface area (Å²) in [5.41, 5.74) is 6.34. The number of hydrogen-bond donors (Lipinski definition) is 4. The van der Waals surface area contributed by atoms with E-state index in [4.69, 9.17) is 9.47 Å². The number of nitrogens with one attached hydrogen (secondary N) is 2. The molecule has 0 aliphatic heterocycles. The first kappa shape index (κ1) is 32.1. The lowest BCUT2D eigenvalue weighted by molar-refractivity contribution is -0.121. The van der Waals surface area contributed by atoms with Gasteiger partial charge in [-0.15, -0.1) is 0 Å². The molecule has 2 aromatic rings. The van der Waals surface area contributed by atoms with Crippen LogP contribution in [0.2, 0.25) is 0 Å². The van der Waals surface area contributed by atoms with E-state index in [0.717, 1.165) is 32.1 Å². The van der Waals surface area contributed by atoms with Gasteiger partial charge in [-0.1, -0.05) is 19.3 Å². The first-order valence-electron chi connectivity index (χ1n) is 12.7. The first-order valence-corrected chi connectivity index (χ1v) is 14.3. The predicted octanol–water partition coefficient (Wildman–Crippen LogP) is 5.75. The maximum absolute atomic E-state index is 12.0. The van der Waals surface area contributed by atoms with Crippen molar-refractivity contribution in [1.29, 1.82) is 0 Å². The van der Waals surface area contributed by atoms with Crippen molar-refractivity contribution >= 4 is 56.1 Å². The van der Waals surface area contributed by atoms with Gasteiger partial charge in [0, 0.05) is 12.8 Å². The van der Waals surface area contributed by atoms with Crippen LogP contribution in [-0.2, 0) is 9.59 Å². The predicted molar refractivity (Wildman–Crippen MR) is 158 cm³/mol. The lowest BCUT2D eigenvalue weighted by Gasteiger charge is -2.08. The monoisotopic (exact) mass is 668 g/mol. The van der Waals surface area contributed by atoms with Crippen LogP contribution in [-0.4, -0.2) is 47.7 Å². The van der Waals surface area contributed by atoms with Gasteiger partial charge in [-0.2, -0.15) is 10.2 Å². The Hall–Kier alpha value is -3.12. The van der Waals surface area contributed by atoms with Gasteiger partial charge in [0.05, 0.1) is 34.6 Å².